The van der Waals surface area contributed by atoms with Gasteiger partial charge in [0.15, 0.2) is 0 Å². The van der Waals surface area contributed by atoms with Gasteiger partial charge in [0.2, 0.25) is 5.91 Å². The van der Waals surface area contributed by atoms with Crippen molar-refractivity contribution in [2.45, 2.75) is 141 Å². The third-order valence-electron chi connectivity index (χ3n) is 6.19. The lowest BCUT2D eigenvalue weighted by atomic mass is 10.0. The van der Waals surface area contributed by atoms with E-state index in [9.17, 15) is 20.1 Å². The van der Waals surface area contributed by atoms with E-state index in [-0.39, 0.29) is 6.61 Å². The lowest BCUT2D eigenvalue weighted by molar-refractivity contribution is -0.131. The van der Waals surface area contributed by atoms with Crippen LogP contribution in [0.15, 0.2) is 36.5 Å². The number of hydrogen-bond acceptors (Lipinski definition) is 4. The second-order valence-corrected chi connectivity index (χ2v) is 9.59. The predicted octanol–water partition coefficient (Wildman–Crippen LogP) is 6.53. The van der Waals surface area contributed by atoms with Gasteiger partial charge in [0.1, 0.15) is 6.10 Å². The molecular weight excluding hydrogens is 438 g/mol. The maximum Gasteiger partial charge on any atom is 0.249 e. The van der Waals surface area contributed by atoms with Gasteiger partial charge < -0.3 is 20.6 Å². The van der Waals surface area contributed by atoms with Gasteiger partial charge in [-0.05, 0) is 38.5 Å². The molecule has 0 aromatic carbocycles. The number of amides is 1. The summed E-state index contributed by atoms with van der Waals surface area (Å²) in [4.78, 5) is 12.2. The van der Waals surface area contributed by atoms with E-state index in [0.29, 0.717) is 6.42 Å². The van der Waals surface area contributed by atoms with E-state index in [2.05, 4.69) is 43.5 Å². The lowest BCUT2D eigenvalue weighted by Gasteiger charge is -2.21. The molecule has 0 rings (SSSR count). The first-order valence-corrected chi connectivity index (χ1v) is 14.3. The zero-order valence-electron chi connectivity index (χ0n) is 22.7. The van der Waals surface area contributed by atoms with Crippen molar-refractivity contribution < 1.29 is 20.1 Å². The summed E-state index contributed by atoms with van der Waals surface area (Å²) in [7, 11) is 0. The molecule has 0 bridgehead atoms. The second-order valence-electron chi connectivity index (χ2n) is 9.59. The van der Waals surface area contributed by atoms with E-state index in [0.717, 1.165) is 51.4 Å². The molecule has 0 aromatic heterocycles. The highest BCUT2D eigenvalue weighted by Crippen LogP contribution is 2.12. The Morgan fingerprint density at radius 1 is 0.686 bits per heavy atom. The zero-order valence-corrected chi connectivity index (χ0v) is 22.7. The number of nitrogens with one attached hydrogen (secondary N) is 1. The molecule has 0 saturated carbocycles. The zero-order chi connectivity index (χ0) is 26.0. The number of unbranched alkanes of at least 4 members (excludes halogenated alkanes) is 12. The van der Waals surface area contributed by atoms with Crippen molar-refractivity contribution >= 4 is 5.91 Å². The topological polar surface area (TPSA) is 89.8 Å². The van der Waals surface area contributed by atoms with Crippen molar-refractivity contribution in [1.29, 1.82) is 0 Å². The smallest absolute Gasteiger partial charge is 0.249 e. The van der Waals surface area contributed by atoms with E-state index in [1.165, 1.54) is 51.4 Å². The minimum Gasteiger partial charge on any atom is -0.394 e. The third-order valence-corrected chi connectivity index (χ3v) is 6.19. The van der Waals surface area contributed by atoms with Crippen LogP contribution in [-0.4, -0.2) is 46.1 Å². The fourth-order valence-electron chi connectivity index (χ4n) is 3.87. The first-order chi connectivity index (χ1) is 17.1. The Labute approximate surface area is 215 Å². The fourth-order valence-corrected chi connectivity index (χ4v) is 3.87. The number of carbonyl (C=O) groups is 1. The van der Waals surface area contributed by atoms with Crippen LogP contribution in [-0.2, 0) is 4.79 Å². The quantitative estimate of drug-likeness (QED) is 0.0909. The van der Waals surface area contributed by atoms with Crippen LogP contribution in [0.25, 0.3) is 0 Å². The summed E-state index contributed by atoms with van der Waals surface area (Å²) in [6, 6.07) is -0.813. The van der Waals surface area contributed by atoms with E-state index in [1.807, 2.05) is 6.08 Å². The Morgan fingerprint density at radius 3 is 1.69 bits per heavy atom. The Hall–Kier alpha value is -1.43. The summed E-state index contributed by atoms with van der Waals surface area (Å²) in [6.07, 6.45) is 28.7. The SMILES string of the molecule is CCC/C=C/CC/C=C/CC/C=C/C(O)C(CO)NC(=O)C(O)CCCCCCCCCCCC. The number of carbonyl (C=O) groups excluding carboxylic acids is 1. The average molecular weight is 494 g/mol. The molecule has 35 heavy (non-hydrogen) atoms. The first kappa shape index (κ1) is 33.6. The van der Waals surface area contributed by atoms with Crippen molar-refractivity contribution in [3.63, 3.8) is 0 Å². The van der Waals surface area contributed by atoms with Gasteiger partial charge in [-0.15, -0.1) is 0 Å². The van der Waals surface area contributed by atoms with Crippen molar-refractivity contribution in [2.24, 2.45) is 0 Å². The highest BCUT2D eigenvalue weighted by Gasteiger charge is 2.22. The van der Waals surface area contributed by atoms with Crippen molar-refractivity contribution in [3.05, 3.63) is 36.5 Å². The molecule has 5 nitrogen and oxygen atoms in total. The van der Waals surface area contributed by atoms with Crippen LogP contribution >= 0.6 is 0 Å². The van der Waals surface area contributed by atoms with Crippen LogP contribution in [0.2, 0.25) is 0 Å². The number of allylic oxidation sites excluding steroid dienone is 5. The van der Waals surface area contributed by atoms with E-state index >= 15 is 0 Å². The summed E-state index contributed by atoms with van der Waals surface area (Å²) in [5.74, 6) is -0.525. The second kappa shape index (κ2) is 25.7. The molecule has 204 valence electrons. The maximum absolute atomic E-state index is 12.2. The summed E-state index contributed by atoms with van der Waals surface area (Å²) in [5, 5.41) is 32.6. The summed E-state index contributed by atoms with van der Waals surface area (Å²) < 4.78 is 0. The normalized spacial score (nSPS) is 14.8. The van der Waals surface area contributed by atoms with Gasteiger partial charge >= 0.3 is 0 Å². The van der Waals surface area contributed by atoms with Crippen molar-refractivity contribution in [1.82, 2.24) is 5.32 Å². The van der Waals surface area contributed by atoms with Crippen LogP contribution in [0.5, 0.6) is 0 Å². The molecule has 3 unspecified atom stereocenters. The Balaban J connectivity index is 3.96. The van der Waals surface area contributed by atoms with E-state index in [1.54, 1.807) is 6.08 Å². The highest BCUT2D eigenvalue weighted by molar-refractivity contribution is 5.80. The predicted molar refractivity (Wildman–Crippen MR) is 148 cm³/mol. The molecule has 3 atom stereocenters. The largest absolute Gasteiger partial charge is 0.394 e. The average Bonchev–Trinajstić information content (AvgIpc) is 2.86. The molecule has 1 amide bonds. The fraction of sp³-hybridized carbons (Fsp3) is 0.767. The number of aliphatic hydroxyl groups is 3. The van der Waals surface area contributed by atoms with Gasteiger partial charge in [-0.2, -0.15) is 0 Å². The Morgan fingerprint density at radius 2 is 1.17 bits per heavy atom. The first-order valence-electron chi connectivity index (χ1n) is 14.3. The summed E-state index contributed by atoms with van der Waals surface area (Å²) >= 11 is 0. The van der Waals surface area contributed by atoms with Gasteiger partial charge in [0.25, 0.3) is 0 Å². The van der Waals surface area contributed by atoms with Gasteiger partial charge in [-0.3, -0.25) is 4.79 Å². The lowest BCUT2D eigenvalue weighted by Crippen LogP contribution is -2.48. The molecule has 0 aliphatic rings. The van der Waals surface area contributed by atoms with Gasteiger partial charge in [0, 0.05) is 0 Å². The molecule has 0 saturated heterocycles. The molecule has 0 spiro atoms. The minimum atomic E-state index is -1.10. The van der Waals surface area contributed by atoms with Crippen LogP contribution in [0, 0.1) is 0 Å². The molecule has 0 aromatic rings. The summed E-state index contributed by atoms with van der Waals surface area (Å²) in [6.45, 7) is 4.02. The van der Waals surface area contributed by atoms with Crippen LogP contribution in [0.4, 0.5) is 0 Å². The van der Waals surface area contributed by atoms with Crippen LogP contribution < -0.4 is 5.32 Å². The van der Waals surface area contributed by atoms with Crippen molar-refractivity contribution in [3.8, 4) is 0 Å². The molecular formula is C30H55NO4. The molecule has 0 aliphatic heterocycles. The monoisotopic (exact) mass is 493 g/mol. The molecule has 0 heterocycles. The number of rotatable bonds is 24. The standard InChI is InChI=1S/C30H55NO4/c1-3-5-7-9-11-13-15-17-18-20-22-24-28(33)27(26-32)31-30(35)29(34)25-23-21-19-16-14-12-10-8-6-4-2/h7,9,15,17,22,24,27-29,32-34H,3-6,8,10-14,16,18-21,23,25-26H2,1-2H3,(H,31,35)/b9-7+,17-15+,24-22+. The molecule has 4 N–H and O–H groups in total. The van der Waals surface area contributed by atoms with E-state index in [4.69, 9.17) is 0 Å². The Kier molecular flexibility index (Phi) is 24.6. The van der Waals surface area contributed by atoms with Crippen LogP contribution in [0.3, 0.4) is 0 Å². The molecule has 0 fully saturated rings. The van der Waals surface area contributed by atoms with Gasteiger partial charge in [-0.1, -0.05) is 121 Å². The van der Waals surface area contributed by atoms with Gasteiger partial charge in [-0.25, -0.2) is 0 Å². The summed E-state index contributed by atoms with van der Waals surface area (Å²) in [5.41, 5.74) is 0. The van der Waals surface area contributed by atoms with Gasteiger partial charge in [0.05, 0.1) is 18.8 Å². The minimum absolute atomic E-state index is 0.381. The van der Waals surface area contributed by atoms with Crippen LogP contribution in [0.1, 0.15) is 123 Å². The van der Waals surface area contributed by atoms with E-state index < -0.39 is 24.2 Å². The number of hydrogen-bond donors (Lipinski definition) is 4. The highest BCUT2D eigenvalue weighted by atomic mass is 16.3. The molecule has 0 aliphatic carbocycles. The molecule has 0 radical (unpaired) electrons. The van der Waals surface area contributed by atoms with Crippen molar-refractivity contribution in [2.75, 3.05) is 6.61 Å². The Bertz CT molecular complexity index is 559. The third kappa shape index (κ3) is 21.6. The number of aliphatic hydroxyl groups excluding tert-OH is 3. The maximum atomic E-state index is 12.2. The molecule has 5 heteroatoms.